The van der Waals surface area contributed by atoms with E-state index in [1.807, 2.05) is 31.2 Å². The lowest BCUT2D eigenvalue weighted by Crippen LogP contribution is -2.18. The van der Waals surface area contributed by atoms with Crippen LogP contribution in [0.5, 0.6) is 5.75 Å². The largest absolute Gasteiger partial charge is 0.508 e. The lowest BCUT2D eigenvalue weighted by atomic mass is 10.1. The Morgan fingerprint density at radius 1 is 1.16 bits per heavy atom. The van der Waals surface area contributed by atoms with Gasteiger partial charge in [-0.1, -0.05) is 41.4 Å². The molecule has 0 bridgehead atoms. The molecular formula is C15H15Cl2NO. The molecular weight excluding hydrogens is 281 g/mol. The van der Waals surface area contributed by atoms with Crippen molar-refractivity contribution in [3.8, 4) is 5.75 Å². The van der Waals surface area contributed by atoms with Gasteiger partial charge in [0.25, 0.3) is 0 Å². The second kappa shape index (κ2) is 6.29. The van der Waals surface area contributed by atoms with Crippen molar-refractivity contribution in [2.45, 2.75) is 19.5 Å². The maximum atomic E-state index is 9.77. The van der Waals surface area contributed by atoms with E-state index in [0.717, 1.165) is 5.56 Å². The first-order valence-electron chi connectivity index (χ1n) is 6.03. The predicted molar refractivity (Wildman–Crippen MR) is 79.8 cm³/mol. The third-order valence-electron chi connectivity index (χ3n) is 3.03. The van der Waals surface area contributed by atoms with E-state index in [1.165, 1.54) is 0 Å². The summed E-state index contributed by atoms with van der Waals surface area (Å²) in [5, 5.41) is 14.4. The summed E-state index contributed by atoms with van der Waals surface area (Å²) in [5.74, 6) is 0.207. The van der Waals surface area contributed by atoms with Gasteiger partial charge in [-0.2, -0.15) is 0 Å². The molecule has 0 radical (unpaired) electrons. The third-order valence-corrected chi connectivity index (χ3v) is 3.62. The van der Waals surface area contributed by atoms with Gasteiger partial charge in [-0.05, 0) is 36.8 Å². The van der Waals surface area contributed by atoms with E-state index >= 15 is 0 Å². The number of hydrogen-bond acceptors (Lipinski definition) is 2. The van der Waals surface area contributed by atoms with Crippen molar-refractivity contribution in [1.29, 1.82) is 0 Å². The second-order valence-corrected chi connectivity index (χ2v) is 5.24. The van der Waals surface area contributed by atoms with Crippen LogP contribution in [-0.2, 0) is 6.54 Å². The van der Waals surface area contributed by atoms with Crippen molar-refractivity contribution in [2.75, 3.05) is 0 Å². The van der Waals surface area contributed by atoms with Gasteiger partial charge in [-0.3, -0.25) is 0 Å². The first-order chi connectivity index (χ1) is 9.08. The zero-order valence-corrected chi connectivity index (χ0v) is 12.0. The monoisotopic (exact) mass is 295 g/mol. The van der Waals surface area contributed by atoms with Crippen molar-refractivity contribution < 1.29 is 5.11 Å². The summed E-state index contributed by atoms with van der Waals surface area (Å²) in [6.07, 6.45) is 0. The van der Waals surface area contributed by atoms with Gasteiger partial charge in [-0.15, -0.1) is 0 Å². The van der Waals surface area contributed by atoms with Gasteiger partial charge in [0.2, 0.25) is 0 Å². The van der Waals surface area contributed by atoms with Crippen molar-refractivity contribution in [3.63, 3.8) is 0 Å². The molecule has 0 saturated carbocycles. The van der Waals surface area contributed by atoms with E-state index in [9.17, 15) is 5.11 Å². The summed E-state index contributed by atoms with van der Waals surface area (Å²) < 4.78 is 0. The highest BCUT2D eigenvalue weighted by molar-refractivity contribution is 6.31. The van der Waals surface area contributed by atoms with Crippen LogP contribution in [-0.4, -0.2) is 5.11 Å². The summed E-state index contributed by atoms with van der Waals surface area (Å²) in [7, 11) is 0. The van der Waals surface area contributed by atoms with Crippen LogP contribution in [0.3, 0.4) is 0 Å². The number of halogens is 2. The zero-order valence-electron chi connectivity index (χ0n) is 10.5. The fourth-order valence-electron chi connectivity index (χ4n) is 1.87. The van der Waals surface area contributed by atoms with E-state index in [2.05, 4.69) is 5.32 Å². The minimum absolute atomic E-state index is 0.120. The van der Waals surface area contributed by atoms with Gasteiger partial charge in [0.1, 0.15) is 5.75 Å². The quantitative estimate of drug-likeness (QED) is 0.867. The second-order valence-electron chi connectivity index (χ2n) is 4.40. The summed E-state index contributed by atoms with van der Waals surface area (Å²) >= 11 is 12.0. The lowest BCUT2D eigenvalue weighted by Gasteiger charge is -2.16. The molecule has 2 aromatic carbocycles. The molecule has 1 atom stereocenters. The first-order valence-corrected chi connectivity index (χ1v) is 6.78. The van der Waals surface area contributed by atoms with Crippen LogP contribution < -0.4 is 5.32 Å². The molecule has 0 amide bonds. The van der Waals surface area contributed by atoms with Crippen LogP contribution >= 0.6 is 23.2 Å². The highest BCUT2D eigenvalue weighted by atomic mass is 35.5. The van der Waals surface area contributed by atoms with E-state index in [1.54, 1.807) is 18.2 Å². The number of phenols is 1. The Morgan fingerprint density at radius 3 is 2.58 bits per heavy atom. The number of hydrogen-bond donors (Lipinski definition) is 2. The van der Waals surface area contributed by atoms with Gasteiger partial charge < -0.3 is 10.4 Å². The van der Waals surface area contributed by atoms with E-state index in [4.69, 9.17) is 23.2 Å². The van der Waals surface area contributed by atoms with E-state index < -0.39 is 0 Å². The molecule has 2 nitrogen and oxygen atoms in total. The predicted octanol–water partition coefficient (Wildman–Crippen LogP) is 4.55. The number of rotatable bonds is 4. The molecule has 100 valence electrons. The maximum absolute atomic E-state index is 9.77. The fourth-order valence-corrected chi connectivity index (χ4v) is 2.31. The van der Waals surface area contributed by atoms with Crippen LogP contribution in [0, 0.1) is 0 Å². The number of nitrogens with one attached hydrogen (secondary N) is 1. The molecule has 2 rings (SSSR count). The molecule has 1 unspecified atom stereocenters. The van der Waals surface area contributed by atoms with Gasteiger partial charge >= 0.3 is 0 Å². The van der Waals surface area contributed by atoms with Crippen LogP contribution in [0.4, 0.5) is 0 Å². The third kappa shape index (κ3) is 3.63. The Balaban J connectivity index is 2.06. The molecule has 0 aliphatic rings. The molecule has 0 aromatic heterocycles. The summed E-state index contributed by atoms with van der Waals surface area (Å²) in [4.78, 5) is 0. The average molecular weight is 296 g/mol. The Kier molecular flexibility index (Phi) is 4.70. The van der Waals surface area contributed by atoms with Gasteiger partial charge in [0, 0.05) is 28.2 Å². The van der Waals surface area contributed by atoms with Crippen LogP contribution in [0.25, 0.3) is 0 Å². The zero-order chi connectivity index (χ0) is 13.8. The molecule has 19 heavy (non-hydrogen) atoms. The van der Waals surface area contributed by atoms with Gasteiger partial charge in [0.05, 0.1) is 0 Å². The van der Waals surface area contributed by atoms with Crippen LogP contribution in [0.15, 0.2) is 42.5 Å². The molecule has 2 aromatic rings. The molecule has 0 saturated heterocycles. The highest BCUT2D eigenvalue weighted by Gasteiger charge is 2.09. The average Bonchev–Trinajstić information content (AvgIpc) is 2.38. The molecule has 0 heterocycles. The standard InChI is InChI=1S/C15H15Cl2NO/c1-10(11-4-2-5-12(16)8-11)18-9-13-14(17)6-3-7-15(13)19/h2-8,10,18-19H,9H2,1H3. The summed E-state index contributed by atoms with van der Waals surface area (Å²) in [5.41, 5.74) is 1.80. The number of aromatic hydroxyl groups is 1. The maximum Gasteiger partial charge on any atom is 0.121 e. The van der Waals surface area contributed by atoms with Crippen molar-refractivity contribution in [1.82, 2.24) is 5.32 Å². The van der Waals surface area contributed by atoms with Crippen LogP contribution in [0.2, 0.25) is 10.0 Å². The summed E-state index contributed by atoms with van der Waals surface area (Å²) in [6, 6.07) is 12.9. The Bertz CT molecular complexity index is 552. The summed E-state index contributed by atoms with van der Waals surface area (Å²) in [6.45, 7) is 2.54. The lowest BCUT2D eigenvalue weighted by molar-refractivity contribution is 0.460. The molecule has 2 N–H and O–H groups in total. The normalized spacial score (nSPS) is 12.4. The Morgan fingerprint density at radius 2 is 1.89 bits per heavy atom. The smallest absolute Gasteiger partial charge is 0.121 e. The number of benzene rings is 2. The Hall–Kier alpha value is -1.22. The van der Waals surface area contributed by atoms with Gasteiger partial charge in [-0.25, -0.2) is 0 Å². The minimum atomic E-state index is 0.120. The van der Waals surface area contributed by atoms with E-state index in [0.29, 0.717) is 22.2 Å². The first kappa shape index (κ1) is 14.2. The molecule has 0 spiro atoms. The molecule has 4 heteroatoms. The van der Waals surface area contributed by atoms with Crippen molar-refractivity contribution in [2.24, 2.45) is 0 Å². The molecule has 0 aliphatic heterocycles. The number of phenolic OH excluding ortho intramolecular Hbond substituents is 1. The highest BCUT2D eigenvalue weighted by Crippen LogP contribution is 2.26. The molecule has 0 fully saturated rings. The minimum Gasteiger partial charge on any atom is -0.508 e. The van der Waals surface area contributed by atoms with E-state index in [-0.39, 0.29) is 11.8 Å². The molecule has 0 aliphatic carbocycles. The fraction of sp³-hybridized carbons (Fsp3) is 0.200. The topological polar surface area (TPSA) is 32.3 Å². The SMILES string of the molecule is CC(NCc1c(O)cccc1Cl)c1cccc(Cl)c1. The van der Waals surface area contributed by atoms with Crippen molar-refractivity contribution >= 4 is 23.2 Å². The van der Waals surface area contributed by atoms with Crippen LogP contribution in [0.1, 0.15) is 24.1 Å². The Labute approximate surface area is 123 Å². The van der Waals surface area contributed by atoms with Crippen molar-refractivity contribution in [3.05, 3.63) is 63.6 Å². The van der Waals surface area contributed by atoms with Gasteiger partial charge in [0.15, 0.2) is 0 Å².